The quantitative estimate of drug-likeness (QED) is 0.589. The summed E-state index contributed by atoms with van der Waals surface area (Å²) >= 11 is 1.27. The van der Waals surface area contributed by atoms with Gasteiger partial charge in [0, 0.05) is 5.70 Å². The second-order valence-corrected chi connectivity index (χ2v) is 6.79. The van der Waals surface area contributed by atoms with Crippen LogP contribution in [0.1, 0.15) is 28.2 Å². The molecule has 1 aliphatic rings. The Hall–Kier alpha value is -3.33. The van der Waals surface area contributed by atoms with Crippen LogP contribution < -0.4 is 20.1 Å². The topological polar surface area (TPSA) is 103 Å². The molecule has 28 heavy (non-hydrogen) atoms. The smallest absolute Gasteiger partial charge is 0.353 e. The van der Waals surface area contributed by atoms with Gasteiger partial charge in [-0.1, -0.05) is 12.1 Å². The highest BCUT2D eigenvalue weighted by Gasteiger charge is 2.32. The predicted octanol–water partition coefficient (Wildman–Crippen LogP) is 2.78. The van der Waals surface area contributed by atoms with Gasteiger partial charge < -0.3 is 24.8 Å². The van der Waals surface area contributed by atoms with Crippen molar-refractivity contribution >= 4 is 29.3 Å². The van der Waals surface area contributed by atoms with Gasteiger partial charge in [0.2, 0.25) is 0 Å². The minimum absolute atomic E-state index is 0.227. The number of thiophene rings is 1. The van der Waals surface area contributed by atoms with Crippen molar-refractivity contribution in [3.8, 4) is 11.5 Å². The summed E-state index contributed by atoms with van der Waals surface area (Å²) in [6.45, 7) is 1.62. The monoisotopic (exact) mass is 402 g/mol. The number of hydrogen-bond donors (Lipinski definition) is 2. The SMILES string of the molecule is COC(=O)C1=C(C)NC(=O)N[C@H]1c1ccc(OC(=O)c2cccs2)c(OC)c1. The number of allylic oxidation sites excluding steroid dienone is 1. The lowest BCUT2D eigenvalue weighted by Crippen LogP contribution is -2.45. The van der Waals surface area contributed by atoms with Gasteiger partial charge in [0.25, 0.3) is 0 Å². The van der Waals surface area contributed by atoms with Crippen LogP contribution in [0.5, 0.6) is 11.5 Å². The van der Waals surface area contributed by atoms with Crippen molar-refractivity contribution in [1.29, 1.82) is 0 Å². The minimum atomic E-state index is -0.739. The Morgan fingerprint density at radius 1 is 1.11 bits per heavy atom. The van der Waals surface area contributed by atoms with E-state index in [0.29, 0.717) is 16.1 Å². The number of nitrogens with one attached hydrogen (secondary N) is 2. The Kier molecular flexibility index (Phi) is 5.65. The Bertz CT molecular complexity index is 951. The van der Waals surface area contributed by atoms with E-state index < -0.39 is 24.0 Å². The van der Waals surface area contributed by atoms with E-state index in [-0.39, 0.29) is 17.1 Å². The van der Waals surface area contributed by atoms with Gasteiger partial charge in [-0.25, -0.2) is 14.4 Å². The molecular weight excluding hydrogens is 384 g/mol. The van der Waals surface area contributed by atoms with Gasteiger partial charge in [0.05, 0.1) is 25.8 Å². The van der Waals surface area contributed by atoms with Crippen molar-refractivity contribution in [3.05, 3.63) is 57.4 Å². The minimum Gasteiger partial charge on any atom is -0.493 e. The molecule has 8 nitrogen and oxygen atoms in total. The third-order valence-corrected chi connectivity index (χ3v) is 4.97. The average Bonchev–Trinajstić information content (AvgIpc) is 3.22. The number of amides is 2. The number of urea groups is 1. The van der Waals surface area contributed by atoms with Crippen LogP contribution >= 0.6 is 11.3 Å². The van der Waals surface area contributed by atoms with E-state index in [1.54, 1.807) is 42.6 Å². The lowest BCUT2D eigenvalue weighted by atomic mass is 9.95. The van der Waals surface area contributed by atoms with Crippen LogP contribution in [-0.2, 0) is 9.53 Å². The molecule has 0 aliphatic carbocycles. The highest BCUT2D eigenvalue weighted by Crippen LogP contribution is 2.35. The molecule has 9 heteroatoms. The molecule has 146 valence electrons. The van der Waals surface area contributed by atoms with Gasteiger partial charge >= 0.3 is 18.0 Å². The predicted molar refractivity (Wildman–Crippen MR) is 101 cm³/mol. The molecule has 1 atom stereocenters. The molecule has 0 bridgehead atoms. The van der Waals surface area contributed by atoms with Crippen LogP contribution in [-0.4, -0.2) is 32.2 Å². The molecular formula is C19H18N2O6S. The van der Waals surface area contributed by atoms with Crippen molar-refractivity contribution < 1.29 is 28.6 Å². The summed E-state index contributed by atoms with van der Waals surface area (Å²) in [5, 5.41) is 7.02. The van der Waals surface area contributed by atoms with Crippen molar-refractivity contribution in [2.45, 2.75) is 13.0 Å². The summed E-state index contributed by atoms with van der Waals surface area (Å²) in [6.07, 6.45) is 0. The summed E-state index contributed by atoms with van der Waals surface area (Å²) in [6, 6.07) is 7.03. The van der Waals surface area contributed by atoms with Gasteiger partial charge in [-0.05, 0) is 36.1 Å². The maximum Gasteiger partial charge on any atom is 0.353 e. The molecule has 0 radical (unpaired) electrons. The number of carbonyl (C=O) groups excluding carboxylic acids is 3. The highest BCUT2D eigenvalue weighted by molar-refractivity contribution is 7.12. The zero-order chi connectivity index (χ0) is 20.3. The van der Waals surface area contributed by atoms with Crippen LogP contribution in [0.4, 0.5) is 4.79 Å². The third-order valence-electron chi connectivity index (χ3n) is 4.12. The number of methoxy groups -OCH3 is 2. The number of esters is 2. The first-order valence-electron chi connectivity index (χ1n) is 8.24. The Morgan fingerprint density at radius 3 is 2.54 bits per heavy atom. The van der Waals surface area contributed by atoms with Gasteiger partial charge in [-0.2, -0.15) is 0 Å². The van der Waals surface area contributed by atoms with E-state index in [4.69, 9.17) is 14.2 Å². The maximum atomic E-state index is 12.2. The Balaban J connectivity index is 1.94. The molecule has 2 aromatic rings. The number of hydrogen-bond acceptors (Lipinski definition) is 7. The largest absolute Gasteiger partial charge is 0.493 e. The van der Waals surface area contributed by atoms with E-state index in [1.165, 1.54) is 25.6 Å². The van der Waals surface area contributed by atoms with Crippen molar-refractivity contribution in [3.63, 3.8) is 0 Å². The van der Waals surface area contributed by atoms with Gasteiger partial charge in [-0.3, -0.25) is 0 Å². The summed E-state index contributed by atoms with van der Waals surface area (Å²) in [7, 11) is 2.70. The van der Waals surface area contributed by atoms with E-state index in [1.807, 2.05) is 0 Å². The first kappa shape index (κ1) is 19.4. The second-order valence-electron chi connectivity index (χ2n) is 5.84. The van der Waals surface area contributed by atoms with Crippen molar-refractivity contribution in [1.82, 2.24) is 10.6 Å². The molecule has 3 rings (SSSR count). The highest BCUT2D eigenvalue weighted by atomic mass is 32.1. The Morgan fingerprint density at radius 2 is 1.89 bits per heavy atom. The van der Waals surface area contributed by atoms with Crippen LogP contribution in [0.3, 0.4) is 0 Å². The molecule has 0 saturated carbocycles. The molecule has 2 N–H and O–H groups in total. The van der Waals surface area contributed by atoms with E-state index in [2.05, 4.69) is 10.6 Å². The van der Waals surface area contributed by atoms with Crippen LogP contribution in [0.15, 0.2) is 47.0 Å². The first-order valence-corrected chi connectivity index (χ1v) is 9.12. The van der Waals surface area contributed by atoms with E-state index >= 15 is 0 Å². The summed E-state index contributed by atoms with van der Waals surface area (Å²) in [5.41, 5.74) is 1.24. The van der Waals surface area contributed by atoms with Gasteiger partial charge in [0.15, 0.2) is 11.5 Å². The maximum absolute atomic E-state index is 12.2. The fraction of sp³-hybridized carbons (Fsp3) is 0.211. The molecule has 0 fully saturated rings. The fourth-order valence-electron chi connectivity index (χ4n) is 2.82. The lowest BCUT2D eigenvalue weighted by Gasteiger charge is -2.28. The zero-order valence-electron chi connectivity index (χ0n) is 15.4. The lowest BCUT2D eigenvalue weighted by molar-refractivity contribution is -0.136. The standard InChI is InChI=1S/C19H18N2O6S/c1-10-15(18(23)26-3)16(21-19(24)20-10)11-6-7-12(13(9-11)25-2)27-17(22)14-5-4-8-28-14/h4-9,16H,1-3H3,(H2,20,21,24)/t16-/m0/s1. The normalized spacial score (nSPS) is 16.1. The molecule has 0 unspecified atom stereocenters. The summed E-state index contributed by atoms with van der Waals surface area (Å²) in [4.78, 5) is 36.8. The third kappa shape index (κ3) is 3.84. The number of rotatable bonds is 5. The molecule has 1 aliphatic heterocycles. The molecule has 2 heterocycles. The van der Waals surface area contributed by atoms with Crippen molar-refractivity contribution in [2.75, 3.05) is 14.2 Å². The number of carbonyl (C=O) groups is 3. The molecule has 0 saturated heterocycles. The van der Waals surface area contributed by atoms with Crippen molar-refractivity contribution in [2.24, 2.45) is 0 Å². The summed E-state index contributed by atoms with van der Waals surface area (Å²) in [5.74, 6) is -0.549. The first-order chi connectivity index (χ1) is 13.4. The zero-order valence-corrected chi connectivity index (χ0v) is 16.2. The van der Waals surface area contributed by atoms with E-state index in [0.717, 1.165) is 0 Å². The van der Waals surface area contributed by atoms with Crippen LogP contribution in [0.2, 0.25) is 0 Å². The fourth-order valence-corrected chi connectivity index (χ4v) is 3.42. The number of ether oxygens (including phenoxy) is 3. The molecule has 2 amide bonds. The van der Waals surface area contributed by atoms with Gasteiger partial charge in [-0.15, -0.1) is 11.3 Å². The van der Waals surface area contributed by atoms with E-state index in [9.17, 15) is 14.4 Å². The second kappa shape index (κ2) is 8.13. The molecule has 1 aromatic carbocycles. The average molecular weight is 402 g/mol. The van der Waals surface area contributed by atoms with Gasteiger partial charge in [0.1, 0.15) is 4.88 Å². The Labute approximate surface area is 165 Å². The van der Waals surface area contributed by atoms with Crippen LogP contribution in [0, 0.1) is 0 Å². The molecule has 0 spiro atoms. The number of benzene rings is 1. The summed E-state index contributed by atoms with van der Waals surface area (Å²) < 4.78 is 15.6. The molecule has 1 aromatic heterocycles. The van der Waals surface area contributed by atoms with Crippen LogP contribution in [0.25, 0.3) is 0 Å².